The van der Waals surface area contributed by atoms with Crippen LogP contribution in [0.5, 0.6) is 0 Å². The SMILES string of the molecule is CC/C=C\C/C=C\C/C=C\C/C=C\C/C=C\CCCCCCCCCC(=O)NC(COP(=O)([O-])OCC[N+](C)(C)C)C(/C=C\CCCCCCCCCCCC)OC(=O)CCCCC/C=C\CCCCCCCC. The summed E-state index contributed by atoms with van der Waals surface area (Å²) in [6, 6.07) is -0.903. The molecular weight excluding hydrogens is 940 g/mol. The van der Waals surface area contributed by atoms with Gasteiger partial charge in [-0.15, -0.1) is 0 Å². The van der Waals surface area contributed by atoms with E-state index in [-0.39, 0.29) is 24.9 Å². The summed E-state index contributed by atoms with van der Waals surface area (Å²) in [6.07, 6.45) is 69.8. The summed E-state index contributed by atoms with van der Waals surface area (Å²) in [7, 11) is 1.16. The molecule has 0 bridgehead atoms. The Hall–Kier alpha value is -2.81. The molecule has 0 aliphatic heterocycles. The van der Waals surface area contributed by atoms with E-state index in [1.165, 1.54) is 109 Å². The normalized spacial score (nSPS) is 14.3. The Morgan fingerprint density at radius 1 is 0.486 bits per heavy atom. The highest BCUT2D eigenvalue weighted by Gasteiger charge is 2.27. The van der Waals surface area contributed by atoms with Crippen molar-refractivity contribution in [2.45, 2.75) is 270 Å². The fraction of sp³-hybridized carbons (Fsp3) is 0.750. The van der Waals surface area contributed by atoms with E-state index in [1.54, 1.807) is 0 Å². The molecule has 0 aromatic rings. The standard InChI is InChI=1S/C64H115N2O7P/c1-7-10-13-16-19-22-25-28-29-30-31-32-33-34-35-36-37-39-41-44-47-50-53-56-63(67)65-61(60-72-74(69,70)71-59-58-66(4,5)6)62(55-52-49-46-43-40-27-24-21-18-15-12-9-3)73-64(68)57-54-51-48-45-42-38-26-23-20-17-14-11-8-2/h10,13,19,22,28-29,31-32,34-35,38,42,52,55,61-62H,7-9,11-12,14-18,20-21,23-27,30,33,36-37,39-41,43-51,53-54,56-60H2,1-6H3,(H-,65,67,69,70)/b13-10-,22-19-,29-28-,32-31-,35-34-,42-38-,55-52-. The molecule has 9 nitrogen and oxygen atoms in total. The summed E-state index contributed by atoms with van der Waals surface area (Å²) in [5, 5.41) is 3.02. The molecule has 0 saturated carbocycles. The monoisotopic (exact) mass is 1050 g/mol. The van der Waals surface area contributed by atoms with Crippen LogP contribution in [0.2, 0.25) is 0 Å². The van der Waals surface area contributed by atoms with E-state index in [4.69, 9.17) is 13.8 Å². The molecule has 0 fully saturated rings. The number of nitrogens with zero attached hydrogens (tertiary/aromatic N) is 1. The van der Waals surface area contributed by atoms with Gasteiger partial charge in [0.2, 0.25) is 5.91 Å². The van der Waals surface area contributed by atoms with Gasteiger partial charge < -0.3 is 28.5 Å². The van der Waals surface area contributed by atoms with Crippen molar-refractivity contribution in [1.29, 1.82) is 0 Å². The molecule has 0 aromatic carbocycles. The van der Waals surface area contributed by atoms with Crippen molar-refractivity contribution in [3.63, 3.8) is 0 Å². The lowest BCUT2D eigenvalue weighted by Gasteiger charge is -2.30. The van der Waals surface area contributed by atoms with Gasteiger partial charge in [0.1, 0.15) is 19.3 Å². The largest absolute Gasteiger partial charge is 0.756 e. The minimum absolute atomic E-state index is 0.0301. The number of likely N-dealkylation sites (N-methyl/N-ethyl adjacent to an activating group) is 1. The van der Waals surface area contributed by atoms with Gasteiger partial charge in [-0.2, -0.15) is 0 Å². The van der Waals surface area contributed by atoms with Crippen LogP contribution in [0.15, 0.2) is 85.1 Å². The van der Waals surface area contributed by atoms with Gasteiger partial charge >= 0.3 is 5.97 Å². The zero-order chi connectivity index (χ0) is 54.3. The molecule has 0 aromatic heterocycles. The van der Waals surface area contributed by atoms with E-state index in [0.717, 1.165) is 109 Å². The summed E-state index contributed by atoms with van der Waals surface area (Å²) >= 11 is 0. The molecular formula is C64H115N2O7P. The second kappa shape index (κ2) is 53.6. The Kier molecular flexibility index (Phi) is 51.5. The molecule has 428 valence electrons. The molecule has 10 heteroatoms. The van der Waals surface area contributed by atoms with Gasteiger partial charge in [-0.05, 0) is 102 Å². The molecule has 0 spiro atoms. The first-order valence-corrected chi connectivity index (χ1v) is 31.9. The molecule has 0 heterocycles. The van der Waals surface area contributed by atoms with E-state index in [2.05, 4.69) is 99.0 Å². The number of quaternary nitrogens is 1. The van der Waals surface area contributed by atoms with Gasteiger partial charge in [0, 0.05) is 12.8 Å². The Balaban J connectivity index is 5.25. The zero-order valence-electron chi connectivity index (χ0n) is 48.8. The molecule has 3 unspecified atom stereocenters. The van der Waals surface area contributed by atoms with Crippen molar-refractivity contribution in [1.82, 2.24) is 5.32 Å². The first-order chi connectivity index (χ1) is 35.9. The predicted octanol–water partition coefficient (Wildman–Crippen LogP) is 18.0. The summed E-state index contributed by atoms with van der Waals surface area (Å²) in [6.45, 7) is 6.70. The number of hydrogen-bond donors (Lipinski definition) is 1. The number of ether oxygens (including phenoxy) is 1. The highest BCUT2D eigenvalue weighted by atomic mass is 31.2. The number of phosphoric acid groups is 1. The second-order valence-electron chi connectivity index (χ2n) is 21.5. The third-order valence-corrected chi connectivity index (χ3v) is 14.0. The minimum Gasteiger partial charge on any atom is -0.756 e. The van der Waals surface area contributed by atoms with Crippen LogP contribution >= 0.6 is 7.82 Å². The topological polar surface area (TPSA) is 114 Å². The fourth-order valence-corrected chi connectivity index (χ4v) is 9.09. The van der Waals surface area contributed by atoms with Gasteiger partial charge in [0.15, 0.2) is 0 Å². The molecule has 0 rings (SSSR count). The third-order valence-electron chi connectivity index (χ3n) is 13.1. The van der Waals surface area contributed by atoms with Crippen LogP contribution in [-0.4, -0.2) is 69.4 Å². The van der Waals surface area contributed by atoms with Gasteiger partial charge in [-0.25, -0.2) is 0 Å². The molecule has 0 aliphatic carbocycles. The number of phosphoric ester groups is 1. The van der Waals surface area contributed by atoms with Crippen LogP contribution in [0.4, 0.5) is 0 Å². The number of nitrogens with one attached hydrogen (secondary N) is 1. The summed E-state index contributed by atoms with van der Waals surface area (Å²) in [4.78, 5) is 39.9. The molecule has 0 aliphatic rings. The molecule has 1 N–H and O–H groups in total. The van der Waals surface area contributed by atoms with Crippen molar-refractivity contribution >= 4 is 19.7 Å². The Bertz CT molecular complexity index is 1540. The lowest BCUT2D eigenvalue weighted by molar-refractivity contribution is -0.870. The van der Waals surface area contributed by atoms with Gasteiger partial charge in [0.25, 0.3) is 7.82 Å². The van der Waals surface area contributed by atoms with Gasteiger partial charge in [-0.3, -0.25) is 14.2 Å². The van der Waals surface area contributed by atoms with Crippen molar-refractivity contribution < 1.29 is 37.3 Å². The Morgan fingerprint density at radius 2 is 0.865 bits per heavy atom. The van der Waals surface area contributed by atoms with Crippen LogP contribution in [0.1, 0.15) is 258 Å². The number of rotatable bonds is 54. The number of amides is 1. The Morgan fingerprint density at radius 3 is 1.32 bits per heavy atom. The van der Waals surface area contributed by atoms with E-state index >= 15 is 0 Å². The van der Waals surface area contributed by atoms with E-state index in [9.17, 15) is 19.0 Å². The van der Waals surface area contributed by atoms with Gasteiger partial charge in [-0.1, -0.05) is 228 Å². The van der Waals surface area contributed by atoms with Crippen LogP contribution < -0.4 is 10.2 Å². The first kappa shape index (κ1) is 71.2. The lowest BCUT2D eigenvalue weighted by atomic mass is 10.0. The average Bonchev–Trinajstić information content (AvgIpc) is 3.36. The number of carbonyl (C=O) groups is 2. The van der Waals surface area contributed by atoms with E-state index in [0.29, 0.717) is 23.9 Å². The smallest absolute Gasteiger partial charge is 0.306 e. The number of carbonyl (C=O) groups excluding carboxylic acids is 2. The van der Waals surface area contributed by atoms with Crippen LogP contribution in [-0.2, 0) is 27.9 Å². The summed E-state index contributed by atoms with van der Waals surface area (Å²) in [5.41, 5.74) is 0. The predicted molar refractivity (Wildman–Crippen MR) is 316 cm³/mol. The van der Waals surface area contributed by atoms with Crippen molar-refractivity contribution in [3.05, 3.63) is 85.1 Å². The number of allylic oxidation sites excluding steroid dienone is 13. The van der Waals surface area contributed by atoms with Crippen LogP contribution in [0.25, 0.3) is 0 Å². The molecule has 74 heavy (non-hydrogen) atoms. The maximum absolute atomic E-state index is 13.5. The quantitative estimate of drug-likeness (QED) is 0.0212. The maximum Gasteiger partial charge on any atom is 0.306 e. The zero-order valence-corrected chi connectivity index (χ0v) is 49.7. The van der Waals surface area contributed by atoms with Gasteiger partial charge in [0.05, 0.1) is 33.8 Å². The van der Waals surface area contributed by atoms with Crippen molar-refractivity contribution in [2.24, 2.45) is 0 Å². The third kappa shape index (κ3) is 54.0. The Labute approximate surface area is 456 Å². The first-order valence-electron chi connectivity index (χ1n) is 30.4. The van der Waals surface area contributed by atoms with Crippen molar-refractivity contribution in [3.8, 4) is 0 Å². The molecule has 3 atom stereocenters. The average molecular weight is 1060 g/mol. The lowest BCUT2D eigenvalue weighted by Crippen LogP contribution is -2.47. The molecule has 0 saturated heterocycles. The highest BCUT2D eigenvalue weighted by molar-refractivity contribution is 7.45. The molecule has 0 radical (unpaired) electrons. The van der Waals surface area contributed by atoms with Crippen molar-refractivity contribution in [2.75, 3.05) is 40.9 Å². The van der Waals surface area contributed by atoms with Crippen LogP contribution in [0.3, 0.4) is 0 Å². The minimum atomic E-state index is -4.71. The number of hydrogen-bond acceptors (Lipinski definition) is 7. The summed E-state index contributed by atoms with van der Waals surface area (Å²) in [5.74, 6) is -0.574. The fourth-order valence-electron chi connectivity index (χ4n) is 8.37. The number of esters is 1. The highest BCUT2D eigenvalue weighted by Crippen LogP contribution is 2.38. The maximum atomic E-state index is 13.5. The van der Waals surface area contributed by atoms with Crippen LogP contribution in [0, 0.1) is 0 Å². The molecule has 1 amide bonds. The van der Waals surface area contributed by atoms with E-state index < -0.39 is 26.6 Å². The number of unbranched alkanes of at least 4 members (excludes halogenated alkanes) is 26. The summed E-state index contributed by atoms with van der Waals surface area (Å²) < 4.78 is 30.2. The second-order valence-corrected chi connectivity index (χ2v) is 22.9. The van der Waals surface area contributed by atoms with E-state index in [1.807, 2.05) is 33.3 Å².